The average Bonchev–Trinajstić information content (AvgIpc) is 3.34. The molecule has 150 valence electrons. The number of benzene rings is 3. The molecule has 0 atom stereocenters. The molecule has 0 saturated carbocycles. The first-order chi connectivity index (χ1) is 14.6. The molecule has 2 aliphatic heterocycles. The quantitative estimate of drug-likeness (QED) is 0.562. The topological polar surface area (TPSA) is 54.0 Å². The molecule has 0 radical (unpaired) electrons. The molecule has 0 spiro atoms. The minimum atomic E-state index is -0.143. The third-order valence-corrected chi connectivity index (χ3v) is 5.25. The van der Waals surface area contributed by atoms with Crippen LogP contribution < -0.4 is 18.9 Å². The van der Waals surface area contributed by atoms with Crippen molar-refractivity contribution in [2.24, 2.45) is 0 Å². The Kier molecular flexibility index (Phi) is 4.43. The molecular weight excluding hydrogens is 380 g/mol. The third-order valence-electron chi connectivity index (χ3n) is 5.25. The molecule has 0 amide bonds. The summed E-state index contributed by atoms with van der Waals surface area (Å²) in [6.45, 7) is 4.62. The molecule has 0 unspecified atom stereocenters. The van der Waals surface area contributed by atoms with E-state index in [2.05, 4.69) is 19.1 Å². The first-order valence-corrected chi connectivity index (χ1v) is 9.74. The highest BCUT2D eigenvalue weighted by molar-refractivity contribution is 6.15. The van der Waals surface area contributed by atoms with Crippen molar-refractivity contribution in [2.75, 3.05) is 6.79 Å². The van der Waals surface area contributed by atoms with Crippen molar-refractivity contribution in [1.29, 1.82) is 0 Å². The standard InChI is InChI=1S/C25H20O5/c1-15-3-5-17(6-4-15)13-27-20-10-8-19-24(26)23(30-25(19)16(20)2)12-18-7-9-21-22(11-18)29-14-28-21/h3-12H,13-14H2,1-2H3/b23-12-. The summed E-state index contributed by atoms with van der Waals surface area (Å²) >= 11 is 0. The monoisotopic (exact) mass is 400 g/mol. The van der Waals surface area contributed by atoms with Crippen molar-refractivity contribution >= 4 is 11.9 Å². The zero-order valence-electron chi connectivity index (χ0n) is 16.7. The minimum Gasteiger partial charge on any atom is -0.488 e. The fourth-order valence-electron chi connectivity index (χ4n) is 3.52. The van der Waals surface area contributed by atoms with Gasteiger partial charge in [-0.05, 0) is 55.3 Å². The Morgan fingerprint density at radius 1 is 0.967 bits per heavy atom. The predicted molar refractivity (Wildman–Crippen MR) is 112 cm³/mol. The van der Waals surface area contributed by atoms with Crippen LogP contribution in [0.3, 0.4) is 0 Å². The van der Waals surface area contributed by atoms with Gasteiger partial charge in [0.15, 0.2) is 17.3 Å². The highest BCUT2D eigenvalue weighted by Gasteiger charge is 2.30. The molecule has 2 heterocycles. The van der Waals surface area contributed by atoms with Crippen LogP contribution in [0.25, 0.3) is 6.08 Å². The summed E-state index contributed by atoms with van der Waals surface area (Å²) < 4.78 is 22.7. The Labute approximate surface area is 174 Å². The smallest absolute Gasteiger partial charge is 0.231 e. The number of rotatable bonds is 4. The normalized spacial score (nSPS) is 15.3. The van der Waals surface area contributed by atoms with Crippen LogP contribution in [0.15, 0.2) is 60.4 Å². The number of carbonyl (C=O) groups is 1. The van der Waals surface area contributed by atoms with Crippen molar-refractivity contribution in [1.82, 2.24) is 0 Å². The lowest BCUT2D eigenvalue weighted by atomic mass is 10.1. The summed E-state index contributed by atoms with van der Waals surface area (Å²) in [5, 5.41) is 0. The van der Waals surface area contributed by atoms with E-state index < -0.39 is 0 Å². The Morgan fingerprint density at radius 3 is 2.60 bits per heavy atom. The summed E-state index contributed by atoms with van der Waals surface area (Å²) in [6.07, 6.45) is 1.72. The van der Waals surface area contributed by atoms with Gasteiger partial charge in [0.25, 0.3) is 0 Å². The maximum Gasteiger partial charge on any atom is 0.231 e. The lowest BCUT2D eigenvalue weighted by molar-refractivity contribution is 0.101. The summed E-state index contributed by atoms with van der Waals surface area (Å²) in [5.41, 5.74) is 4.45. The van der Waals surface area contributed by atoms with Crippen LogP contribution in [0.4, 0.5) is 0 Å². The number of hydrogen-bond donors (Lipinski definition) is 0. The van der Waals surface area contributed by atoms with Gasteiger partial charge in [-0.2, -0.15) is 0 Å². The van der Waals surface area contributed by atoms with Crippen molar-refractivity contribution < 1.29 is 23.7 Å². The van der Waals surface area contributed by atoms with Gasteiger partial charge in [0.1, 0.15) is 18.1 Å². The fraction of sp³-hybridized carbons (Fsp3) is 0.160. The van der Waals surface area contributed by atoms with E-state index in [1.54, 1.807) is 12.1 Å². The second-order valence-corrected chi connectivity index (χ2v) is 7.39. The van der Waals surface area contributed by atoms with Crippen molar-refractivity contribution in [3.8, 4) is 23.0 Å². The van der Waals surface area contributed by atoms with E-state index >= 15 is 0 Å². The molecular formula is C25H20O5. The van der Waals surface area contributed by atoms with Gasteiger partial charge >= 0.3 is 0 Å². The zero-order valence-corrected chi connectivity index (χ0v) is 16.7. The molecule has 2 aliphatic rings. The first-order valence-electron chi connectivity index (χ1n) is 9.74. The number of allylic oxidation sites excluding steroid dienone is 1. The van der Waals surface area contributed by atoms with E-state index in [0.717, 1.165) is 16.7 Å². The molecule has 5 nitrogen and oxygen atoms in total. The van der Waals surface area contributed by atoms with Crippen LogP contribution in [0.1, 0.15) is 32.6 Å². The second-order valence-electron chi connectivity index (χ2n) is 7.39. The molecule has 0 aliphatic carbocycles. The van der Waals surface area contributed by atoms with Crippen LogP contribution >= 0.6 is 0 Å². The van der Waals surface area contributed by atoms with E-state index in [0.29, 0.717) is 35.2 Å². The lowest BCUT2D eigenvalue weighted by Crippen LogP contribution is -1.98. The summed E-state index contributed by atoms with van der Waals surface area (Å²) in [5.74, 6) is 2.75. The Morgan fingerprint density at radius 2 is 1.77 bits per heavy atom. The van der Waals surface area contributed by atoms with E-state index in [1.165, 1.54) is 5.56 Å². The van der Waals surface area contributed by atoms with Gasteiger partial charge in [0.05, 0.1) is 5.56 Å². The number of carbonyl (C=O) groups excluding carboxylic acids is 1. The van der Waals surface area contributed by atoms with Gasteiger partial charge in [-0.1, -0.05) is 35.9 Å². The molecule has 30 heavy (non-hydrogen) atoms. The van der Waals surface area contributed by atoms with Crippen molar-refractivity contribution in [2.45, 2.75) is 20.5 Å². The maximum atomic E-state index is 12.8. The Hall–Kier alpha value is -3.73. The number of hydrogen-bond acceptors (Lipinski definition) is 5. The summed E-state index contributed by atoms with van der Waals surface area (Å²) in [6, 6.07) is 17.3. The van der Waals surface area contributed by atoms with Crippen LogP contribution in [-0.2, 0) is 6.61 Å². The summed E-state index contributed by atoms with van der Waals surface area (Å²) in [4.78, 5) is 12.8. The predicted octanol–water partition coefficient (Wildman–Crippen LogP) is 5.23. The molecule has 0 aromatic heterocycles. The van der Waals surface area contributed by atoms with Crippen LogP contribution in [-0.4, -0.2) is 12.6 Å². The Balaban J connectivity index is 1.38. The van der Waals surface area contributed by atoms with Crippen LogP contribution in [0.5, 0.6) is 23.0 Å². The maximum absolute atomic E-state index is 12.8. The largest absolute Gasteiger partial charge is 0.488 e. The van der Waals surface area contributed by atoms with Gasteiger partial charge < -0.3 is 18.9 Å². The highest BCUT2D eigenvalue weighted by atomic mass is 16.7. The molecule has 3 aromatic rings. The van der Waals surface area contributed by atoms with Crippen molar-refractivity contribution in [3.63, 3.8) is 0 Å². The molecule has 3 aromatic carbocycles. The van der Waals surface area contributed by atoms with E-state index in [1.807, 2.05) is 43.3 Å². The van der Waals surface area contributed by atoms with Crippen molar-refractivity contribution in [3.05, 3.63) is 88.2 Å². The molecule has 0 saturated heterocycles. The number of Topliss-reactive ketones (excluding diaryl/α,β-unsaturated/α-hetero) is 1. The van der Waals surface area contributed by atoms with Crippen LogP contribution in [0.2, 0.25) is 0 Å². The minimum absolute atomic E-state index is 0.143. The van der Waals surface area contributed by atoms with Gasteiger partial charge in [0.2, 0.25) is 12.6 Å². The average molecular weight is 400 g/mol. The molecule has 5 rings (SSSR count). The molecule has 5 heteroatoms. The number of ether oxygens (including phenoxy) is 4. The van der Waals surface area contributed by atoms with Gasteiger partial charge in [0, 0.05) is 5.56 Å². The molecule has 0 fully saturated rings. The number of ketones is 1. The fourth-order valence-corrected chi connectivity index (χ4v) is 3.52. The molecule has 0 N–H and O–H groups in total. The second kappa shape index (κ2) is 7.26. The van der Waals surface area contributed by atoms with E-state index in [4.69, 9.17) is 18.9 Å². The van der Waals surface area contributed by atoms with E-state index in [9.17, 15) is 4.79 Å². The highest BCUT2D eigenvalue weighted by Crippen LogP contribution is 2.40. The van der Waals surface area contributed by atoms with E-state index in [-0.39, 0.29) is 18.3 Å². The summed E-state index contributed by atoms with van der Waals surface area (Å²) in [7, 11) is 0. The third kappa shape index (κ3) is 3.28. The van der Waals surface area contributed by atoms with Gasteiger partial charge in [-0.25, -0.2) is 0 Å². The van der Waals surface area contributed by atoms with Gasteiger partial charge in [-0.3, -0.25) is 4.79 Å². The van der Waals surface area contributed by atoms with Gasteiger partial charge in [-0.15, -0.1) is 0 Å². The SMILES string of the molecule is Cc1ccc(COc2ccc3c(c2C)O/C(=C\c2ccc4c(c2)OCO4)C3=O)cc1. The number of fused-ring (bicyclic) bond motifs is 2. The number of aryl methyl sites for hydroxylation is 1. The van der Waals surface area contributed by atoms with Crippen LogP contribution in [0, 0.1) is 13.8 Å². The zero-order chi connectivity index (χ0) is 20.7. The first kappa shape index (κ1) is 18.3. The molecule has 0 bridgehead atoms. The Bertz CT molecular complexity index is 1170. The lowest BCUT2D eigenvalue weighted by Gasteiger charge is -2.11.